The molecule has 0 aliphatic carbocycles. The van der Waals surface area contributed by atoms with E-state index in [0.717, 1.165) is 25.8 Å². The van der Waals surface area contributed by atoms with Gasteiger partial charge in [-0.1, -0.05) is 41.6 Å². The summed E-state index contributed by atoms with van der Waals surface area (Å²) in [5.41, 5.74) is 2.93. The Morgan fingerprint density at radius 3 is 2.72 bits per heavy atom. The Balaban J connectivity index is 1.71. The van der Waals surface area contributed by atoms with Crippen molar-refractivity contribution in [2.45, 2.75) is 17.7 Å². The minimum absolute atomic E-state index is 0.0108. The Kier molecular flexibility index (Phi) is 5.69. The number of rotatable bonds is 6. The lowest BCUT2D eigenvalue weighted by molar-refractivity contribution is -0.116. The van der Waals surface area contributed by atoms with E-state index in [0.29, 0.717) is 18.7 Å². The molecule has 25 heavy (non-hydrogen) atoms. The molecule has 1 aromatic heterocycles. The number of aromatic nitrogens is 1. The molecule has 3 rings (SSSR count). The van der Waals surface area contributed by atoms with E-state index in [1.807, 2.05) is 55.5 Å². The second-order valence-electron chi connectivity index (χ2n) is 5.53. The van der Waals surface area contributed by atoms with Gasteiger partial charge in [-0.25, -0.2) is 4.98 Å². The number of nitriles is 1. The average Bonchev–Trinajstić information content (AvgIpc) is 3.04. The zero-order chi connectivity index (χ0) is 17.6. The second kappa shape index (κ2) is 8.15. The van der Waals surface area contributed by atoms with Gasteiger partial charge in [0.1, 0.15) is 0 Å². The highest BCUT2D eigenvalue weighted by Crippen LogP contribution is 2.29. The van der Waals surface area contributed by atoms with E-state index < -0.39 is 0 Å². The normalized spacial score (nSPS) is 10.6. The van der Waals surface area contributed by atoms with Crippen LogP contribution in [0.15, 0.2) is 52.9 Å². The molecule has 6 heteroatoms. The van der Waals surface area contributed by atoms with Crippen molar-refractivity contribution in [3.8, 4) is 6.07 Å². The van der Waals surface area contributed by atoms with E-state index >= 15 is 0 Å². The zero-order valence-electron chi connectivity index (χ0n) is 13.8. The molecular weight excluding hydrogens is 350 g/mol. The predicted molar refractivity (Wildman–Crippen MR) is 104 cm³/mol. The summed E-state index contributed by atoms with van der Waals surface area (Å²) < 4.78 is 2.01. The zero-order valence-corrected chi connectivity index (χ0v) is 15.4. The molecule has 0 aliphatic heterocycles. The van der Waals surface area contributed by atoms with Gasteiger partial charge in [-0.15, -0.1) is 11.3 Å². The molecule has 0 unspecified atom stereocenters. The van der Waals surface area contributed by atoms with Crippen LogP contribution in [0.2, 0.25) is 0 Å². The summed E-state index contributed by atoms with van der Waals surface area (Å²) in [6.07, 6.45) is 0.311. The van der Waals surface area contributed by atoms with E-state index in [9.17, 15) is 4.79 Å². The van der Waals surface area contributed by atoms with E-state index in [-0.39, 0.29) is 5.91 Å². The first-order chi connectivity index (χ1) is 12.2. The second-order valence-corrected chi connectivity index (χ2v) is 7.78. The number of thioether (sulfide) groups is 1. The Hall–Kier alpha value is -2.36. The van der Waals surface area contributed by atoms with Crippen molar-refractivity contribution < 1.29 is 4.79 Å². The summed E-state index contributed by atoms with van der Waals surface area (Å²) in [5.74, 6) is 0.294. The minimum Gasteiger partial charge on any atom is -0.311 e. The number of aryl methyl sites for hydroxylation is 1. The van der Waals surface area contributed by atoms with E-state index in [1.165, 1.54) is 11.8 Å². The predicted octanol–water partition coefficient (Wildman–Crippen LogP) is 4.64. The SMILES string of the molecule is Cc1ccc(N(CCC#N)C(=O)CSc2nc3ccccc3s2)cc1. The molecule has 3 aromatic rings. The molecule has 2 aromatic carbocycles. The Bertz CT molecular complexity index is 879. The van der Waals surface area contributed by atoms with Gasteiger partial charge in [0.25, 0.3) is 0 Å². The van der Waals surface area contributed by atoms with Crippen molar-refractivity contribution >= 4 is 44.9 Å². The van der Waals surface area contributed by atoms with Gasteiger partial charge < -0.3 is 4.90 Å². The largest absolute Gasteiger partial charge is 0.311 e. The van der Waals surface area contributed by atoms with Crippen molar-refractivity contribution in [2.75, 3.05) is 17.2 Å². The molecule has 0 bridgehead atoms. The summed E-state index contributed by atoms with van der Waals surface area (Å²) in [7, 11) is 0. The summed E-state index contributed by atoms with van der Waals surface area (Å²) >= 11 is 3.04. The van der Waals surface area contributed by atoms with Gasteiger partial charge in [0.05, 0.1) is 28.5 Å². The maximum absolute atomic E-state index is 12.7. The number of amides is 1. The third kappa shape index (κ3) is 4.38. The van der Waals surface area contributed by atoms with Crippen LogP contribution in [-0.2, 0) is 4.79 Å². The molecule has 1 heterocycles. The number of thiazole rings is 1. The van der Waals surface area contributed by atoms with E-state index in [1.54, 1.807) is 16.2 Å². The first-order valence-electron chi connectivity index (χ1n) is 7.90. The molecule has 0 spiro atoms. The molecule has 1 amide bonds. The number of para-hydroxylation sites is 1. The van der Waals surface area contributed by atoms with Crippen molar-refractivity contribution in [1.82, 2.24) is 4.98 Å². The van der Waals surface area contributed by atoms with Crippen LogP contribution in [-0.4, -0.2) is 23.2 Å². The molecule has 0 N–H and O–H groups in total. The van der Waals surface area contributed by atoms with Gasteiger partial charge in [-0.05, 0) is 31.2 Å². The van der Waals surface area contributed by atoms with Crippen LogP contribution in [0.25, 0.3) is 10.2 Å². The maximum Gasteiger partial charge on any atom is 0.237 e. The summed E-state index contributed by atoms with van der Waals surface area (Å²) in [4.78, 5) is 18.9. The van der Waals surface area contributed by atoms with Crippen LogP contribution in [0.3, 0.4) is 0 Å². The fourth-order valence-electron chi connectivity index (χ4n) is 2.40. The molecule has 0 atom stereocenters. The number of hydrogen-bond acceptors (Lipinski definition) is 5. The number of carbonyl (C=O) groups is 1. The fourth-order valence-corrected chi connectivity index (χ4v) is 4.34. The highest BCUT2D eigenvalue weighted by molar-refractivity contribution is 8.01. The highest BCUT2D eigenvalue weighted by atomic mass is 32.2. The van der Waals surface area contributed by atoms with Gasteiger partial charge >= 0.3 is 0 Å². The number of anilines is 1. The maximum atomic E-state index is 12.7. The summed E-state index contributed by atoms with van der Waals surface area (Å²) in [6, 6.07) is 17.9. The quantitative estimate of drug-likeness (QED) is 0.595. The lowest BCUT2D eigenvalue weighted by Crippen LogP contribution is -2.33. The molecule has 126 valence electrons. The topological polar surface area (TPSA) is 57.0 Å². The number of nitrogens with zero attached hydrogens (tertiary/aromatic N) is 3. The summed E-state index contributed by atoms with van der Waals surface area (Å²) in [6.45, 7) is 2.41. The van der Waals surface area contributed by atoms with Gasteiger partial charge in [0, 0.05) is 12.2 Å². The first kappa shape index (κ1) is 17.5. The third-order valence-electron chi connectivity index (χ3n) is 3.69. The third-order valence-corrected chi connectivity index (χ3v) is 5.85. The van der Waals surface area contributed by atoms with E-state index in [2.05, 4.69) is 11.1 Å². The Labute approximate surface area is 155 Å². The Morgan fingerprint density at radius 2 is 2.00 bits per heavy atom. The van der Waals surface area contributed by atoms with Crippen LogP contribution >= 0.6 is 23.1 Å². The molecule has 0 fully saturated rings. The van der Waals surface area contributed by atoms with E-state index in [4.69, 9.17) is 5.26 Å². The molecule has 4 nitrogen and oxygen atoms in total. The van der Waals surface area contributed by atoms with Crippen LogP contribution in [0.5, 0.6) is 0 Å². The van der Waals surface area contributed by atoms with Crippen LogP contribution in [0.4, 0.5) is 5.69 Å². The number of benzene rings is 2. The number of hydrogen-bond donors (Lipinski definition) is 0. The first-order valence-corrected chi connectivity index (χ1v) is 9.70. The Morgan fingerprint density at radius 1 is 1.24 bits per heavy atom. The standard InChI is InChI=1S/C19H17N3OS2/c1-14-7-9-15(10-8-14)22(12-4-11-20)18(23)13-24-19-21-16-5-2-3-6-17(16)25-19/h2-3,5-10H,4,12-13H2,1H3. The minimum atomic E-state index is -0.0108. The van der Waals surface area contributed by atoms with Crippen LogP contribution in [0, 0.1) is 18.3 Å². The lowest BCUT2D eigenvalue weighted by atomic mass is 10.2. The molecule has 0 radical (unpaired) electrons. The lowest BCUT2D eigenvalue weighted by Gasteiger charge is -2.21. The molecule has 0 saturated carbocycles. The monoisotopic (exact) mass is 367 g/mol. The molecule has 0 saturated heterocycles. The van der Waals surface area contributed by atoms with Gasteiger partial charge in [-0.3, -0.25) is 4.79 Å². The van der Waals surface area contributed by atoms with Crippen molar-refractivity contribution in [3.63, 3.8) is 0 Å². The fraction of sp³-hybridized carbons (Fsp3) is 0.211. The average molecular weight is 367 g/mol. The van der Waals surface area contributed by atoms with Gasteiger partial charge in [0.15, 0.2) is 4.34 Å². The molecular formula is C19H17N3OS2. The van der Waals surface area contributed by atoms with Crippen molar-refractivity contribution in [2.24, 2.45) is 0 Å². The smallest absolute Gasteiger partial charge is 0.237 e. The van der Waals surface area contributed by atoms with Crippen molar-refractivity contribution in [3.05, 3.63) is 54.1 Å². The van der Waals surface area contributed by atoms with Crippen LogP contribution in [0.1, 0.15) is 12.0 Å². The van der Waals surface area contributed by atoms with Crippen molar-refractivity contribution in [1.29, 1.82) is 5.26 Å². The number of fused-ring (bicyclic) bond motifs is 1. The van der Waals surface area contributed by atoms with Gasteiger partial charge in [-0.2, -0.15) is 5.26 Å². The van der Waals surface area contributed by atoms with Crippen LogP contribution < -0.4 is 4.90 Å². The summed E-state index contributed by atoms with van der Waals surface area (Å²) in [5, 5.41) is 8.87. The number of carbonyl (C=O) groups excluding carboxylic acids is 1. The van der Waals surface area contributed by atoms with Gasteiger partial charge in [0.2, 0.25) is 5.91 Å². The highest BCUT2D eigenvalue weighted by Gasteiger charge is 2.16. The molecule has 0 aliphatic rings.